The van der Waals surface area contributed by atoms with E-state index in [-0.39, 0.29) is 16.5 Å². The molecular weight excluding hydrogens is 453 g/mol. The number of carbonyl (C=O) groups excluding carboxylic acids is 2. The maximum atomic E-state index is 13.8. The van der Waals surface area contributed by atoms with Gasteiger partial charge in [0.25, 0.3) is 5.91 Å². The molecule has 0 heterocycles. The first-order valence-electron chi connectivity index (χ1n) is 9.08. The molecule has 0 aliphatic heterocycles. The first kappa shape index (κ1) is 24.1. The summed E-state index contributed by atoms with van der Waals surface area (Å²) in [5.74, 6) is -3.17. The zero-order chi connectivity index (χ0) is 22.8. The maximum absolute atomic E-state index is 13.8. The van der Waals surface area contributed by atoms with E-state index in [0.29, 0.717) is 10.6 Å². The zero-order valence-corrected chi connectivity index (χ0v) is 19.8. The molecule has 0 bridgehead atoms. The van der Waals surface area contributed by atoms with Crippen molar-refractivity contribution in [2.45, 2.75) is 39.3 Å². The fraction of sp³-hybridized carbons (Fsp3) is 0.300. The standard InChI is InChI=1S/C20H22Cl2F2N2O3Si/c1-20(2,3)15-10(21)9-13(17(16(15)22)29-30(4)5)25-19(28)26-18(27)14-11(23)7-6-8-12(14)24/h6-9,30H,1-5H3,(H2,25,26,27,28). The average Bonchev–Trinajstić information content (AvgIpc) is 2.56. The second-order valence-electron chi connectivity index (χ2n) is 7.85. The highest BCUT2D eigenvalue weighted by Crippen LogP contribution is 2.45. The van der Waals surface area contributed by atoms with Gasteiger partial charge >= 0.3 is 6.03 Å². The van der Waals surface area contributed by atoms with Crippen molar-refractivity contribution in [3.05, 3.63) is 57.1 Å². The summed E-state index contributed by atoms with van der Waals surface area (Å²) in [5, 5.41) is 4.87. The lowest BCUT2D eigenvalue weighted by molar-refractivity contribution is 0.0959. The Kier molecular flexibility index (Phi) is 7.49. The van der Waals surface area contributed by atoms with Crippen LogP contribution in [-0.4, -0.2) is 21.0 Å². The number of imide groups is 1. The Morgan fingerprint density at radius 3 is 2.17 bits per heavy atom. The van der Waals surface area contributed by atoms with E-state index < -0.39 is 43.6 Å². The summed E-state index contributed by atoms with van der Waals surface area (Å²) in [6.07, 6.45) is 0. The van der Waals surface area contributed by atoms with Gasteiger partial charge in [0.15, 0.2) is 0 Å². The molecule has 0 unspecified atom stereocenters. The normalized spacial score (nSPS) is 11.4. The number of hydrogen-bond acceptors (Lipinski definition) is 3. The summed E-state index contributed by atoms with van der Waals surface area (Å²) < 4.78 is 33.4. The van der Waals surface area contributed by atoms with Gasteiger partial charge in [0, 0.05) is 5.02 Å². The number of benzene rings is 2. The molecule has 10 heteroatoms. The van der Waals surface area contributed by atoms with E-state index in [2.05, 4.69) is 5.32 Å². The van der Waals surface area contributed by atoms with Crippen LogP contribution in [0.4, 0.5) is 19.3 Å². The molecule has 0 atom stereocenters. The number of anilines is 1. The molecule has 2 rings (SSSR count). The van der Waals surface area contributed by atoms with Gasteiger partial charge in [-0.15, -0.1) is 0 Å². The summed E-state index contributed by atoms with van der Waals surface area (Å²) >= 11 is 12.9. The van der Waals surface area contributed by atoms with E-state index >= 15 is 0 Å². The summed E-state index contributed by atoms with van der Waals surface area (Å²) in [7, 11) is -1.65. The second-order valence-corrected chi connectivity index (χ2v) is 11.0. The summed E-state index contributed by atoms with van der Waals surface area (Å²) in [6, 6.07) is 3.39. The van der Waals surface area contributed by atoms with Crippen LogP contribution in [0.15, 0.2) is 24.3 Å². The predicted molar refractivity (Wildman–Crippen MR) is 118 cm³/mol. The monoisotopic (exact) mass is 474 g/mol. The van der Waals surface area contributed by atoms with Gasteiger partial charge in [-0.05, 0) is 42.3 Å². The van der Waals surface area contributed by atoms with Crippen LogP contribution >= 0.6 is 23.2 Å². The Morgan fingerprint density at radius 2 is 1.67 bits per heavy atom. The average molecular weight is 475 g/mol. The highest BCUT2D eigenvalue weighted by atomic mass is 35.5. The number of nitrogens with one attached hydrogen (secondary N) is 2. The lowest BCUT2D eigenvalue weighted by Crippen LogP contribution is -2.35. The third-order valence-corrected chi connectivity index (χ3v) is 5.31. The summed E-state index contributed by atoms with van der Waals surface area (Å²) in [5.41, 5.74) is -0.480. The van der Waals surface area contributed by atoms with Gasteiger partial charge in [0.2, 0.25) is 9.04 Å². The van der Waals surface area contributed by atoms with Crippen molar-refractivity contribution in [1.82, 2.24) is 5.32 Å². The van der Waals surface area contributed by atoms with E-state index in [1.807, 2.05) is 39.2 Å². The predicted octanol–water partition coefficient (Wildman–Crippen LogP) is 5.89. The van der Waals surface area contributed by atoms with Gasteiger partial charge < -0.3 is 9.74 Å². The van der Waals surface area contributed by atoms with Crippen LogP contribution in [0, 0.1) is 11.6 Å². The Morgan fingerprint density at radius 1 is 1.10 bits per heavy atom. The smallest absolute Gasteiger partial charge is 0.326 e. The molecule has 3 amide bonds. The maximum Gasteiger partial charge on any atom is 0.326 e. The van der Waals surface area contributed by atoms with Crippen LogP contribution in [0.25, 0.3) is 0 Å². The molecule has 2 N–H and O–H groups in total. The molecule has 0 aliphatic rings. The molecule has 2 aromatic rings. The third kappa shape index (κ3) is 5.50. The van der Waals surface area contributed by atoms with E-state index in [1.165, 1.54) is 6.07 Å². The van der Waals surface area contributed by atoms with Crippen LogP contribution in [0.5, 0.6) is 5.75 Å². The van der Waals surface area contributed by atoms with Crippen molar-refractivity contribution >= 4 is 49.9 Å². The third-order valence-electron chi connectivity index (χ3n) is 3.94. The van der Waals surface area contributed by atoms with Gasteiger partial charge in [-0.1, -0.05) is 50.0 Å². The van der Waals surface area contributed by atoms with Crippen LogP contribution < -0.4 is 15.1 Å². The molecule has 2 aromatic carbocycles. The number of urea groups is 1. The van der Waals surface area contributed by atoms with Gasteiger partial charge in [0.1, 0.15) is 22.9 Å². The van der Waals surface area contributed by atoms with E-state index in [0.717, 1.165) is 18.2 Å². The molecule has 0 spiro atoms. The molecule has 0 saturated carbocycles. The lowest BCUT2D eigenvalue weighted by atomic mass is 9.86. The van der Waals surface area contributed by atoms with Crippen molar-refractivity contribution in [2.75, 3.05) is 5.32 Å². The van der Waals surface area contributed by atoms with Crippen molar-refractivity contribution < 1.29 is 22.8 Å². The van der Waals surface area contributed by atoms with E-state index in [1.54, 1.807) is 0 Å². The Hall–Kier alpha value is -2.16. The number of amides is 3. The fourth-order valence-corrected chi connectivity index (χ4v) is 4.62. The minimum absolute atomic E-state index is 0.138. The minimum Gasteiger partial charge on any atom is -0.545 e. The van der Waals surface area contributed by atoms with Crippen molar-refractivity contribution in [3.8, 4) is 5.75 Å². The number of halogens is 4. The summed E-state index contributed by atoms with van der Waals surface area (Å²) in [6.45, 7) is 9.61. The Bertz CT molecular complexity index is 975. The largest absolute Gasteiger partial charge is 0.545 e. The topological polar surface area (TPSA) is 67.4 Å². The zero-order valence-electron chi connectivity index (χ0n) is 17.1. The van der Waals surface area contributed by atoms with Gasteiger partial charge in [0.05, 0.1) is 10.7 Å². The lowest BCUT2D eigenvalue weighted by Gasteiger charge is -2.26. The molecule has 0 saturated heterocycles. The van der Waals surface area contributed by atoms with E-state index in [9.17, 15) is 18.4 Å². The molecule has 0 radical (unpaired) electrons. The molecule has 30 heavy (non-hydrogen) atoms. The molecule has 0 aliphatic carbocycles. The molecular formula is C20H22Cl2F2N2O3Si. The fourth-order valence-electron chi connectivity index (χ4n) is 2.77. The summed E-state index contributed by atoms with van der Waals surface area (Å²) in [4.78, 5) is 24.5. The quantitative estimate of drug-likeness (QED) is 0.542. The van der Waals surface area contributed by atoms with Gasteiger partial charge in [-0.3, -0.25) is 10.1 Å². The SMILES string of the molecule is C[SiH](C)Oc1c(NC(=O)NC(=O)c2c(F)cccc2F)cc(Cl)c(C(C)(C)C)c1Cl. The van der Waals surface area contributed by atoms with Crippen molar-refractivity contribution in [1.29, 1.82) is 0 Å². The highest BCUT2D eigenvalue weighted by molar-refractivity contribution is 6.50. The first-order chi connectivity index (χ1) is 13.8. The van der Waals surface area contributed by atoms with Crippen LogP contribution in [0.3, 0.4) is 0 Å². The van der Waals surface area contributed by atoms with Crippen molar-refractivity contribution in [3.63, 3.8) is 0 Å². The Labute approximate surface area is 185 Å². The van der Waals surface area contributed by atoms with E-state index in [4.69, 9.17) is 27.6 Å². The molecule has 0 fully saturated rings. The second kappa shape index (κ2) is 9.32. The Balaban J connectivity index is 2.37. The number of carbonyl (C=O) groups is 2. The molecule has 162 valence electrons. The molecule has 5 nitrogen and oxygen atoms in total. The number of rotatable bonds is 4. The minimum atomic E-state index is -1.65. The van der Waals surface area contributed by atoms with Crippen LogP contribution in [0.2, 0.25) is 23.1 Å². The van der Waals surface area contributed by atoms with Gasteiger partial charge in [-0.25, -0.2) is 13.6 Å². The number of hydrogen-bond donors (Lipinski definition) is 2. The van der Waals surface area contributed by atoms with Gasteiger partial charge in [-0.2, -0.15) is 0 Å². The van der Waals surface area contributed by atoms with Crippen LogP contribution in [-0.2, 0) is 5.41 Å². The van der Waals surface area contributed by atoms with Crippen LogP contribution in [0.1, 0.15) is 36.7 Å². The highest BCUT2D eigenvalue weighted by Gasteiger charge is 2.27. The molecule has 0 aromatic heterocycles. The van der Waals surface area contributed by atoms with Crippen molar-refractivity contribution in [2.24, 2.45) is 0 Å². The first-order valence-corrected chi connectivity index (χ1v) is 12.6.